The van der Waals surface area contributed by atoms with E-state index in [9.17, 15) is 18.5 Å². The minimum absolute atomic E-state index is 0. The number of nitrogens with two attached hydrogens (primary N) is 1. The van der Waals surface area contributed by atoms with Crippen LogP contribution in [-0.2, 0) is 10.0 Å². The zero-order valence-corrected chi connectivity index (χ0v) is 12.6. The van der Waals surface area contributed by atoms with Crippen molar-refractivity contribution in [3.63, 3.8) is 0 Å². The Morgan fingerprint density at radius 1 is 1.45 bits per heavy atom. The first kappa shape index (κ1) is 17.1. The van der Waals surface area contributed by atoms with Crippen LogP contribution in [0.5, 0.6) is 0 Å². The monoisotopic (exact) mass is 341 g/mol. The summed E-state index contributed by atoms with van der Waals surface area (Å²) < 4.78 is 25.9. The Morgan fingerprint density at radius 3 is 2.60 bits per heavy atom. The van der Waals surface area contributed by atoms with Crippen LogP contribution in [0.1, 0.15) is 6.42 Å². The van der Waals surface area contributed by atoms with Crippen molar-refractivity contribution in [1.82, 2.24) is 4.31 Å². The Balaban J connectivity index is 0.00000200. The second-order valence-electron chi connectivity index (χ2n) is 4.28. The molecule has 0 spiro atoms. The van der Waals surface area contributed by atoms with Crippen molar-refractivity contribution in [2.75, 3.05) is 13.1 Å². The quantitative estimate of drug-likeness (QED) is 0.660. The number of halogens is 2. The second kappa shape index (κ2) is 6.23. The molecule has 1 aliphatic rings. The molecule has 0 radical (unpaired) electrons. The maximum Gasteiger partial charge on any atom is 0.289 e. The van der Waals surface area contributed by atoms with Gasteiger partial charge in [0.15, 0.2) is 4.90 Å². The smallest absolute Gasteiger partial charge is 0.289 e. The zero-order chi connectivity index (χ0) is 14.2. The van der Waals surface area contributed by atoms with Gasteiger partial charge in [0.25, 0.3) is 5.69 Å². The highest BCUT2D eigenvalue weighted by Gasteiger charge is 2.35. The van der Waals surface area contributed by atoms with Gasteiger partial charge in [-0.15, -0.1) is 12.4 Å². The molecule has 1 heterocycles. The first-order chi connectivity index (χ1) is 8.82. The van der Waals surface area contributed by atoms with Crippen LogP contribution in [0.3, 0.4) is 0 Å². The number of hydrogen-bond donors (Lipinski definition) is 1. The van der Waals surface area contributed by atoms with Gasteiger partial charge in [0.05, 0.1) is 4.92 Å². The number of hydrogen-bond acceptors (Lipinski definition) is 5. The lowest BCUT2D eigenvalue weighted by atomic mass is 10.3. The molecule has 0 amide bonds. The van der Waals surface area contributed by atoms with Gasteiger partial charge in [0.2, 0.25) is 10.0 Å². The first-order valence-electron chi connectivity index (χ1n) is 5.52. The molecule has 1 atom stereocenters. The lowest BCUT2D eigenvalue weighted by Gasteiger charge is -2.16. The standard InChI is InChI=1S/C10H12ClN3O4S.ClH/c11-7-1-2-9(14(15)16)10(5-7)19(17,18)13-4-3-8(12)6-13;/h1-2,5,8H,3-4,6,12H2;1H/t8-;/m1./s1. The van der Waals surface area contributed by atoms with Crippen molar-refractivity contribution < 1.29 is 13.3 Å². The number of nitro groups is 1. The fraction of sp³-hybridized carbons (Fsp3) is 0.400. The first-order valence-corrected chi connectivity index (χ1v) is 7.34. The van der Waals surface area contributed by atoms with E-state index in [0.29, 0.717) is 6.42 Å². The van der Waals surface area contributed by atoms with E-state index in [4.69, 9.17) is 17.3 Å². The third-order valence-electron chi connectivity index (χ3n) is 2.92. The van der Waals surface area contributed by atoms with Crippen molar-refractivity contribution in [3.8, 4) is 0 Å². The van der Waals surface area contributed by atoms with E-state index in [1.54, 1.807) is 0 Å². The summed E-state index contributed by atoms with van der Waals surface area (Å²) in [6, 6.07) is 3.23. The van der Waals surface area contributed by atoms with Gasteiger partial charge in [-0.1, -0.05) is 11.6 Å². The maximum absolute atomic E-state index is 12.4. The Morgan fingerprint density at radius 2 is 2.10 bits per heavy atom. The van der Waals surface area contributed by atoms with E-state index in [-0.39, 0.29) is 41.5 Å². The highest BCUT2D eigenvalue weighted by Crippen LogP contribution is 2.30. The minimum atomic E-state index is -3.94. The van der Waals surface area contributed by atoms with Crippen LogP contribution < -0.4 is 5.73 Å². The second-order valence-corrected chi connectivity index (χ2v) is 6.62. The predicted octanol–water partition coefficient (Wildman–Crippen LogP) is 1.39. The Hall–Kier alpha value is -0.930. The summed E-state index contributed by atoms with van der Waals surface area (Å²) >= 11 is 5.73. The molecule has 1 saturated heterocycles. The van der Waals surface area contributed by atoms with Crippen molar-refractivity contribution >= 4 is 39.7 Å². The molecule has 20 heavy (non-hydrogen) atoms. The van der Waals surface area contributed by atoms with E-state index in [1.807, 2.05) is 0 Å². The fourth-order valence-electron chi connectivity index (χ4n) is 1.96. The third kappa shape index (κ3) is 3.21. The molecule has 0 saturated carbocycles. The van der Waals surface area contributed by atoms with Gasteiger partial charge >= 0.3 is 0 Å². The molecular weight excluding hydrogens is 329 g/mol. The van der Waals surface area contributed by atoms with Crippen LogP contribution in [-0.4, -0.2) is 36.8 Å². The Labute approximate surface area is 127 Å². The van der Waals surface area contributed by atoms with Crippen LogP contribution in [0.25, 0.3) is 0 Å². The van der Waals surface area contributed by atoms with Crippen LogP contribution in [0.2, 0.25) is 5.02 Å². The molecule has 112 valence electrons. The highest BCUT2D eigenvalue weighted by molar-refractivity contribution is 7.89. The van der Waals surface area contributed by atoms with Crippen molar-refractivity contribution in [2.24, 2.45) is 5.73 Å². The predicted molar refractivity (Wildman–Crippen MR) is 76.7 cm³/mol. The average molecular weight is 342 g/mol. The Bertz CT molecular complexity index is 623. The van der Waals surface area contributed by atoms with E-state index in [0.717, 1.165) is 16.4 Å². The normalized spacial score (nSPS) is 19.6. The number of benzene rings is 1. The number of nitrogens with zero attached hydrogens (tertiary/aromatic N) is 2. The summed E-state index contributed by atoms with van der Waals surface area (Å²) in [4.78, 5) is 9.79. The van der Waals surface area contributed by atoms with Crippen LogP contribution in [0.15, 0.2) is 23.1 Å². The summed E-state index contributed by atoms with van der Waals surface area (Å²) in [6.45, 7) is 0.416. The van der Waals surface area contributed by atoms with Gasteiger partial charge < -0.3 is 5.73 Å². The summed E-state index contributed by atoms with van der Waals surface area (Å²) in [7, 11) is -3.94. The molecule has 1 aromatic rings. The van der Waals surface area contributed by atoms with Gasteiger partial charge in [0, 0.05) is 30.2 Å². The lowest BCUT2D eigenvalue weighted by molar-refractivity contribution is -0.387. The maximum atomic E-state index is 12.4. The zero-order valence-electron chi connectivity index (χ0n) is 10.2. The molecule has 0 unspecified atom stereocenters. The van der Waals surface area contributed by atoms with E-state index in [1.165, 1.54) is 6.07 Å². The van der Waals surface area contributed by atoms with Crippen LogP contribution in [0.4, 0.5) is 5.69 Å². The molecule has 0 bridgehead atoms. The van der Waals surface area contributed by atoms with Crippen molar-refractivity contribution in [3.05, 3.63) is 33.3 Å². The molecule has 7 nitrogen and oxygen atoms in total. The number of rotatable bonds is 3. The van der Waals surface area contributed by atoms with E-state index >= 15 is 0 Å². The van der Waals surface area contributed by atoms with Crippen LogP contribution >= 0.6 is 24.0 Å². The lowest BCUT2D eigenvalue weighted by Crippen LogP contribution is -2.32. The molecule has 10 heteroatoms. The fourth-order valence-corrected chi connectivity index (χ4v) is 3.89. The molecule has 0 aromatic heterocycles. The molecule has 2 rings (SSSR count). The highest BCUT2D eigenvalue weighted by atomic mass is 35.5. The molecule has 0 aliphatic carbocycles. The summed E-state index contributed by atoms with van der Waals surface area (Å²) in [5.74, 6) is 0. The van der Waals surface area contributed by atoms with Gasteiger partial charge in [-0.2, -0.15) is 4.31 Å². The van der Waals surface area contributed by atoms with E-state index < -0.39 is 20.6 Å². The van der Waals surface area contributed by atoms with Gasteiger partial charge in [-0.25, -0.2) is 8.42 Å². The SMILES string of the molecule is Cl.N[C@@H]1CCN(S(=O)(=O)c2cc(Cl)ccc2[N+](=O)[O-])C1. The largest absolute Gasteiger partial charge is 0.326 e. The topological polar surface area (TPSA) is 107 Å². The minimum Gasteiger partial charge on any atom is -0.326 e. The van der Waals surface area contributed by atoms with Crippen LogP contribution in [0, 0.1) is 10.1 Å². The Kier molecular flexibility index (Phi) is 5.33. The summed E-state index contributed by atoms with van der Waals surface area (Å²) in [5.41, 5.74) is 5.18. The molecule has 1 fully saturated rings. The molecule has 1 aromatic carbocycles. The number of nitro benzene ring substituents is 1. The van der Waals surface area contributed by atoms with Gasteiger partial charge in [0.1, 0.15) is 0 Å². The third-order valence-corrected chi connectivity index (χ3v) is 5.05. The number of sulfonamides is 1. The molecular formula is C10H13Cl2N3O4S. The van der Waals surface area contributed by atoms with Crippen molar-refractivity contribution in [2.45, 2.75) is 17.4 Å². The van der Waals surface area contributed by atoms with Gasteiger partial charge in [-0.05, 0) is 18.6 Å². The molecule has 2 N–H and O–H groups in total. The summed E-state index contributed by atoms with van der Waals surface area (Å²) in [6.07, 6.45) is 0.535. The van der Waals surface area contributed by atoms with Gasteiger partial charge in [-0.3, -0.25) is 10.1 Å². The summed E-state index contributed by atoms with van der Waals surface area (Å²) in [5, 5.41) is 11.0. The van der Waals surface area contributed by atoms with Crippen molar-refractivity contribution in [1.29, 1.82) is 0 Å². The molecule has 1 aliphatic heterocycles. The average Bonchev–Trinajstić information content (AvgIpc) is 2.76. The van der Waals surface area contributed by atoms with E-state index in [2.05, 4.69) is 0 Å².